The lowest BCUT2D eigenvalue weighted by atomic mass is 10.1. The molecule has 8 heteroatoms. The van der Waals surface area contributed by atoms with Gasteiger partial charge in [0, 0.05) is 5.02 Å². The maximum Gasteiger partial charge on any atom is 0.341 e. The molecule has 0 fully saturated rings. The van der Waals surface area contributed by atoms with Crippen molar-refractivity contribution >= 4 is 44.4 Å². The number of carboxylic acid groups (broad SMARTS) is 1. The van der Waals surface area contributed by atoms with Crippen molar-refractivity contribution in [1.82, 2.24) is 9.97 Å². The quantitative estimate of drug-likeness (QED) is 0.688. The van der Waals surface area contributed by atoms with Gasteiger partial charge in [-0.25, -0.2) is 9.78 Å². The van der Waals surface area contributed by atoms with E-state index in [1.807, 2.05) is 0 Å². The molecule has 0 radical (unpaired) electrons. The number of rotatable bonds is 4. The van der Waals surface area contributed by atoms with E-state index in [4.69, 9.17) is 21.4 Å². The van der Waals surface area contributed by atoms with Gasteiger partial charge < -0.3 is 14.8 Å². The molecule has 0 aliphatic heterocycles. The summed E-state index contributed by atoms with van der Waals surface area (Å²) in [5.41, 5.74) is 0.589. The van der Waals surface area contributed by atoms with Crippen LogP contribution in [0.4, 0.5) is 0 Å². The first-order valence-corrected chi connectivity index (χ1v) is 7.96. The molecule has 0 saturated carbocycles. The van der Waals surface area contributed by atoms with E-state index >= 15 is 0 Å². The minimum Gasteiger partial charge on any atom is -0.480 e. The minimum atomic E-state index is -1.12. The maximum absolute atomic E-state index is 12.2. The highest BCUT2D eigenvalue weighted by Gasteiger charge is 2.16. The highest BCUT2D eigenvalue weighted by molar-refractivity contribution is 9.10. The molecule has 0 amide bonds. The second-order valence-corrected chi connectivity index (χ2v) is 6.17. The molecule has 0 atom stereocenters. The van der Waals surface area contributed by atoms with Gasteiger partial charge in [-0.1, -0.05) is 23.7 Å². The molecular formula is C16H10BrClN2O4. The summed E-state index contributed by atoms with van der Waals surface area (Å²) in [6, 6.07) is 10.0. The van der Waals surface area contributed by atoms with E-state index in [9.17, 15) is 9.59 Å². The number of aromatic amines is 1. The molecule has 0 aliphatic rings. The van der Waals surface area contributed by atoms with Crippen LogP contribution in [0, 0.1) is 0 Å². The van der Waals surface area contributed by atoms with Crippen molar-refractivity contribution in [2.45, 2.75) is 0 Å². The third kappa shape index (κ3) is 3.27. The first kappa shape index (κ1) is 16.5. The summed E-state index contributed by atoms with van der Waals surface area (Å²) in [6.45, 7) is -0.537. The number of aliphatic carboxylic acids is 1. The van der Waals surface area contributed by atoms with Crippen LogP contribution in [0.2, 0.25) is 5.02 Å². The molecule has 1 heterocycles. The van der Waals surface area contributed by atoms with E-state index in [2.05, 4.69) is 25.9 Å². The number of H-pyrrole nitrogens is 1. The van der Waals surface area contributed by atoms with Gasteiger partial charge in [-0.05, 0) is 40.2 Å². The van der Waals surface area contributed by atoms with Crippen LogP contribution in [0.25, 0.3) is 22.3 Å². The van der Waals surface area contributed by atoms with Gasteiger partial charge in [-0.3, -0.25) is 4.79 Å². The number of ether oxygens (including phenoxy) is 1. The first-order valence-electron chi connectivity index (χ1n) is 6.79. The molecule has 2 N–H and O–H groups in total. The summed E-state index contributed by atoms with van der Waals surface area (Å²) in [7, 11) is 0. The molecule has 122 valence electrons. The van der Waals surface area contributed by atoms with Gasteiger partial charge in [-0.2, -0.15) is 0 Å². The topological polar surface area (TPSA) is 92.3 Å². The van der Waals surface area contributed by atoms with Crippen molar-refractivity contribution in [3.8, 4) is 17.1 Å². The lowest BCUT2D eigenvalue weighted by molar-refractivity contribution is -0.139. The predicted molar refractivity (Wildman–Crippen MR) is 93.6 cm³/mol. The van der Waals surface area contributed by atoms with Crippen molar-refractivity contribution in [1.29, 1.82) is 0 Å². The number of hydrogen-bond acceptors (Lipinski definition) is 4. The van der Waals surface area contributed by atoms with Gasteiger partial charge in [0.1, 0.15) is 11.6 Å². The average molecular weight is 410 g/mol. The number of carboxylic acids is 1. The number of carbonyl (C=O) groups is 1. The Morgan fingerprint density at radius 1 is 1.33 bits per heavy atom. The summed E-state index contributed by atoms with van der Waals surface area (Å²) in [5, 5.41) is 9.67. The van der Waals surface area contributed by atoms with Crippen LogP contribution < -0.4 is 10.3 Å². The fourth-order valence-electron chi connectivity index (χ4n) is 2.23. The van der Waals surface area contributed by atoms with E-state index in [-0.39, 0.29) is 17.1 Å². The standard InChI is InChI=1S/C16H10BrClN2O4/c17-11-6-8(18)5-10(14(11)24-7-13(21)22)15-19-12-4-2-1-3-9(12)16(23)20-15/h1-6H,7H2,(H,21,22)(H,19,20,23). The largest absolute Gasteiger partial charge is 0.480 e. The van der Waals surface area contributed by atoms with E-state index in [1.54, 1.807) is 36.4 Å². The van der Waals surface area contributed by atoms with E-state index in [0.29, 0.717) is 26.0 Å². The molecule has 24 heavy (non-hydrogen) atoms. The van der Waals surface area contributed by atoms with Gasteiger partial charge in [0.15, 0.2) is 6.61 Å². The molecule has 0 spiro atoms. The van der Waals surface area contributed by atoms with E-state index in [1.165, 1.54) is 0 Å². The summed E-state index contributed by atoms with van der Waals surface area (Å²) in [6.07, 6.45) is 0. The first-order chi connectivity index (χ1) is 11.5. The van der Waals surface area contributed by atoms with Crippen molar-refractivity contribution in [3.05, 3.63) is 56.2 Å². The number of nitrogens with zero attached hydrogens (tertiary/aromatic N) is 1. The fraction of sp³-hybridized carbons (Fsp3) is 0.0625. The lowest BCUT2D eigenvalue weighted by Crippen LogP contribution is -2.12. The van der Waals surface area contributed by atoms with E-state index in [0.717, 1.165) is 0 Å². The minimum absolute atomic E-state index is 0.236. The zero-order valence-corrected chi connectivity index (χ0v) is 14.4. The Balaban J connectivity index is 2.21. The molecule has 3 rings (SSSR count). The van der Waals surface area contributed by atoms with Crippen molar-refractivity contribution in [2.24, 2.45) is 0 Å². The Kier molecular flexibility index (Phi) is 4.55. The van der Waals surface area contributed by atoms with Gasteiger partial charge in [-0.15, -0.1) is 0 Å². The molecular weight excluding hydrogens is 400 g/mol. The number of benzene rings is 2. The lowest BCUT2D eigenvalue weighted by Gasteiger charge is -2.12. The third-order valence-electron chi connectivity index (χ3n) is 3.22. The second-order valence-electron chi connectivity index (χ2n) is 4.88. The molecule has 1 aromatic heterocycles. The van der Waals surface area contributed by atoms with Crippen molar-refractivity contribution < 1.29 is 14.6 Å². The Morgan fingerprint density at radius 2 is 2.08 bits per heavy atom. The molecule has 3 aromatic rings. The number of halogens is 2. The van der Waals surface area contributed by atoms with Crippen LogP contribution in [-0.2, 0) is 4.79 Å². The van der Waals surface area contributed by atoms with E-state index < -0.39 is 12.6 Å². The van der Waals surface area contributed by atoms with Gasteiger partial charge in [0.25, 0.3) is 5.56 Å². The Labute approximate surface area is 149 Å². The molecule has 0 saturated heterocycles. The average Bonchev–Trinajstić information content (AvgIpc) is 2.53. The van der Waals surface area contributed by atoms with Gasteiger partial charge in [0.2, 0.25) is 0 Å². The van der Waals surface area contributed by atoms with Crippen LogP contribution in [0.3, 0.4) is 0 Å². The van der Waals surface area contributed by atoms with Gasteiger partial charge in [0.05, 0.1) is 20.9 Å². The number of para-hydroxylation sites is 1. The predicted octanol–water partition coefficient (Wildman–Crippen LogP) is 3.47. The number of fused-ring (bicyclic) bond motifs is 1. The van der Waals surface area contributed by atoms with Crippen molar-refractivity contribution in [3.63, 3.8) is 0 Å². The van der Waals surface area contributed by atoms with Crippen LogP contribution in [-0.4, -0.2) is 27.7 Å². The van der Waals surface area contributed by atoms with Gasteiger partial charge >= 0.3 is 5.97 Å². The highest BCUT2D eigenvalue weighted by atomic mass is 79.9. The molecule has 2 aromatic carbocycles. The number of hydrogen-bond donors (Lipinski definition) is 2. The SMILES string of the molecule is O=C(O)COc1c(Br)cc(Cl)cc1-c1nc2ccccc2c(=O)[nH]1. The van der Waals surface area contributed by atoms with Crippen molar-refractivity contribution in [2.75, 3.05) is 6.61 Å². The maximum atomic E-state index is 12.2. The summed E-state index contributed by atoms with van der Waals surface area (Å²) in [4.78, 5) is 30.1. The molecule has 6 nitrogen and oxygen atoms in total. The van der Waals surface area contributed by atoms with Crippen LogP contribution >= 0.6 is 27.5 Å². The summed E-state index contributed by atoms with van der Waals surface area (Å²) < 4.78 is 5.78. The molecule has 0 bridgehead atoms. The Morgan fingerprint density at radius 3 is 2.83 bits per heavy atom. The summed E-state index contributed by atoms with van der Waals surface area (Å²) >= 11 is 9.36. The van der Waals surface area contributed by atoms with Crippen LogP contribution in [0.1, 0.15) is 0 Å². The second kappa shape index (κ2) is 6.62. The smallest absolute Gasteiger partial charge is 0.341 e. The summed E-state index contributed by atoms with van der Waals surface area (Å²) in [5.74, 6) is -0.648. The zero-order valence-electron chi connectivity index (χ0n) is 12.0. The van der Waals surface area contributed by atoms with Crippen LogP contribution in [0.15, 0.2) is 45.7 Å². The highest BCUT2D eigenvalue weighted by Crippen LogP contribution is 2.37. The number of aromatic nitrogens is 2. The molecule has 0 aliphatic carbocycles. The normalized spacial score (nSPS) is 10.8. The Hall–Kier alpha value is -2.38. The monoisotopic (exact) mass is 408 g/mol. The zero-order chi connectivity index (χ0) is 17.3. The third-order valence-corrected chi connectivity index (χ3v) is 4.02. The van der Waals surface area contributed by atoms with Crippen LogP contribution in [0.5, 0.6) is 5.75 Å². The number of nitrogens with one attached hydrogen (secondary N) is 1. The Bertz CT molecular complexity index is 1000. The molecule has 0 unspecified atom stereocenters. The fourth-order valence-corrected chi connectivity index (χ4v) is 3.16.